The van der Waals surface area contributed by atoms with E-state index in [1.807, 2.05) is 52.0 Å². The Labute approximate surface area is 188 Å². The molecule has 2 aromatic carbocycles. The van der Waals surface area contributed by atoms with Crippen molar-refractivity contribution in [3.8, 4) is 11.1 Å². The average Bonchev–Trinajstić information content (AvgIpc) is 3.09. The lowest BCUT2D eigenvalue weighted by atomic mass is 9.98. The molecule has 0 spiro atoms. The summed E-state index contributed by atoms with van der Waals surface area (Å²) in [5.74, 6) is -0.603. The molecule has 0 unspecified atom stereocenters. The van der Waals surface area contributed by atoms with Crippen molar-refractivity contribution < 1.29 is 19.1 Å². The summed E-state index contributed by atoms with van der Waals surface area (Å²) in [5.41, 5.74) is 4.55. The summed E-state index contributed by atoms with van der Waals surface area (Å²) in [6.45, 7) is 7.61. The molecule has 2 aromatic rings. The molecule has 32 heavy (non-hydrogen) atoms. The SMILES string of the molecule is CC(C)[C@@H](NC=O)NC(=O)[C@@H](NC(=O)OCC1c2ccccc2-c2ccccc21)C(C)C. The van der Waals surface area contributed by atoms with Crippen molar-refractivity contribution in [2.45, 2.75) is 45.8 Å². The van der Waals surface area contributed by atoms with Crippen LogP contribution in [0.3, 0.4) is 0 Å². The number of hydrogen-bond donors (Lipinski definition) is 3. The summed E-state index contributed by atoms with van der Waals surface area (Å²) in [6.07, 6.45) is -0.621. The molecule has 0 aliphatic heterocycles. The van der Waals surface area contributed by atoms with Gasteiger partial charge in [-0.2, -0.15) is 0 Å². The summed E-state index contributed by atoms with van der Waals surface area (Å²) in [5, 5.41) is 8.05. The zero-order valence-corrected chi connectivity index (χ0v) is 18.9. The van der Waals surface area contributed by atoms with Gasteiger partial charge in [0.05, 0.1) is 0 Å². The average molecular weight is 438 g/mol. The molecule has 3 amide bonds. The van der Waals surface area contributed by atoms with Crippen LogP contribution in [-0.4, -0.2) is 37.2 Å². The monoisotopic (exact) mass is 437 g/mol. The number of fused-ring (bicyclic) bond motifs is 3. The van der Waals surface area contributed by atoms with Crippen LogP contribution in [0.15, 0.2) is 48.5 Å². The minimum atomic E-state index is -0.791. The van der Waals surface area contributed by atoms with E-state index in [0.29, 0.717) is 6.41 Å². The lowest BCUT2D eigenvalue weighted by molar-refractivity contribution is -0.125. The predicted molar refractivity (Wildman–Crippen MR) is 123 cm³/mol. The number of carbonyl (C=O) groups excluding carboxylic acids is 3. The molecular formula is C25H31N3O4. The summed E-state index contributed by atoms with van der Waals surface area (Å²) in [7, 11) is 0. The Bertz CT molecular complexity index is 928. The zero-order chi connectivity index (χ0) is 23.3. The van der Waals surface area contributed by atoms with Crippen LogP contribution < -0.4 is 16.0 Å². The molecular weight excluding hydrogens is 406 g/mol. The maximum Gasteiger partial charge on any atom is 0.407 e. The molecule has 0 radical (unpaired) electrons. The molecule has 0 aromatic heterocycles. The smallest absolute Gasteiger partial charge is 0.407 e. The maximum atomic E-state index is 12.8. The van der Waals surface area contributed by atoms with Crippen LogP contribution in [0.2, 0.25) is 0 Å². The number of nitrogens with one attached hydrogen (secondary N) is 3. The Kier molecular flexibility index (Phi) is 7.51. The van der Waals surface area contributed by atoms with E-state index >= 15 is 0 Å². The number of amides is 3. The van der Waals surface area contributed by atoms with Gasteiger partial charge >= 0.3 is 6.09 Å². The van der Waals surface area contributed by atoms with Crippen LogP contribution in [-0.2, 0) is 14.3 Å². The van der Waals surface area contributed by atoms with Gasteiger partial charge in [-0.05, 0) is 34.1 Å². The summed E-state index contributed by atoms with van der Waals surface area (Å²) in [4.78, 5) is 36.2. The van der Waals surface area contributed by atoms with Crippen LogP contribution in [0.5, 0.6) is 0 Å². The topological polar surface area (TPSA) is 96.5 Å². The molecule has 2 atom stereocenters. The van der Waals surface area contributed by atoms with Crippen molar-refractivity contribution in [1.29, 1.82) is 0 Å². The molecule has 0 saturated carbocycles. The van der Waals surface area contributed by atoms with Gasteiger partial charge in [-0.15, -0.1) is 0 Å². The van der Waals surface area contributed by atoms with Gasteiger partial charge in [-0.1, -0.05) is 76.2 Å². The highest BCUT2D eigenvalue weighted by Gasteiger charge is 2.31. The first-order chi connectivity index (χ1) is 15.3. The third kappa shape index (κ3) is 5.10. The Morgan fingerprint density at radius 3 is 1.97 bits per heavy atom. The van der Waals surface area contributed by atoms with E-state index in [4.69, 9.17) is 4.74 Å². The van der Waals surface area contributed by atoms with E-state index in [9.17, 15) is 14.4 Å². The van der Waals surface area contributed by atoms with Gasteiger partial charge in [-0.3, -0.25) is 9.59 Å². The van der Waals surface area contributed by atoms with Gasteiger partial charge < -0.3 is 20.7 Å². The first kappa shape index (κ1) is 23.3. The third-order valence-corrected chi connectivity index (χ3v) is 5.78. The molecule has 0 saturated heterocycles. The highest BCUT2D eigenvalue weighted by Crippen LogP contribution is 2.44. The van der Waals surface area contributed by atoms with Crippen molar-refractivity contribution in [3.05, 3.63) is 59.7 Å². The summed E-state index contributed by atoms with van der Waals surface area (Å²) < 4.78 is 5.57. The Morgan fingerprint density at radius 2 is 1.47 bits per heavy atom. The van der Waals surface area contributed by atoms with Gasteiger partial charge in [0.15, 0.2) is 0 Å². The second kappa shape index (κ2) is 10.3. The number of rotatable bonds is 9. The third-order valence-electron chi connectivity index (χ3n) is 5.78. The fourth-order valence-corrected chi connectivity index (χ4v) is 4.02. The quantitative estimate of drug-likeness (QED) is 0.414. The number of alkyl carbamates (subject to hydrolysis) is 1. The molecule has 0 bridgehead atoms. The summed E-state index contributed by atoms with van der Waals surface area (Å²) >= 11 is 0. The highest BCUT2D eigenvalue weighted by atomic mass is 16.5. The van der Waals surface area contributed by atoms with Crippen molar-refractivity contribution in [2.24, 2.45) is 11.8 Å². The molecule has 170 valence electrons. The van der Waals surface area contributed by atoms with Crippen LogP contribution in [0, 0.1) is 11.8 Å². The van der Waals surface area contributed by atoms with Crippen molar-refractivity contribution in [2.75, 3.05) is 6.61 Å². The molecule has 1 aliphatic rings. The number of ether oxygens (including phenoxy) is 1. The highest BCUT2D eigenvalue weighted by molar-refractivity contribution is 5.86. The zero-order valence-electron chi connectivity index (χ0n) is 18.9. The standard InChI is InChI=1S/C25H31N3O4/c1-15(2)22(24(30)28-23(16(3)4)26-14-29)27-25(31)32-13-21-19-11-7-5-9-17(19)18-10-6-8-12-20(18)21/h5-12,14-16,21-23H,13H2,1-4H3,(H,26,29)(H,27,31)(H,28,30)/t22-,23-/m0/s1. The summed E-state index contributed by atoms with van der Waals surface area (Å²) in [6, 6.07) is 15.4. The minimum Gasteiger partial charge on any atom is -0.449 e. The lowest BCUT2D eigenvalue weighted by Crippen LogP contribution is -2.56. The van der Waals surface area contributed by atoms with E-state index in [2.05, 4.69) is 40.2 Å². The Balaban J connectivity index is 1.65. The van der Waals surface area contributed by atoms with E-state index < -0.39 is 18.3 Å². The van der Waals surface area contributed by atoms with Crippen LogP contribution in [0.25, 0.3) is 11.1 Å². The second-order valence-electron chi connectivity index (χ2n) is 8.71. The number of hydrogen-bond acceptors (Lipinski definition) is 4. The van der Waals surface area contributed by atoms with Crippen LogP contribution in [0.1, 0.15) is 44.7 Å². The van der Waals surface area contributed by atoms with E-state index in [-0.39, 0.29) is 30.3 Å². The molecule has 7 heteroatoms. The largest absolute Gasteiger partial charge is 0.449 e. The Hall–Kier alpha value is -3.35. The van der Waals surface area contributed by atoms with Crippen molar-refractivity contribution in [3.63, 3.8) is 0 Å². The number of carbonyl (C=O) groups is 3. The molecule has 0 heterocycles. The number of benzene rings is 2. The first-order valence-corrected chi connectivity index (χ1v) is 10.9. The van der Waals surface area contributed by atoms with Gasteiger partial charge in [0.25, 0.3) is 0 Å². The van der Waals surface area contributed by atoms with Crippen molar-refractivity contribution >= 4 is 18.4 Å². The minimum absolute atomic E-state index is 0.00795. The Morgan fingerprint density at radius 1 is 0.906 bits per heavy atom. The maximum absolute atomic E-state index is 12.8. The van der Waals surface area contributed by atoms with Gasteiger partial charge in [0.1, 0.15) is 18.8 Å². The van der Waals surface area contributed by atoms with Crippen molar-refractivity contribution in [1.82, 2.24) is 16.0 Å². The fourth-order valence-electron chi connectivity index (χ4n) is 4.02. The van der Waals surface area contributed by atoms with E-state index in [1.54, 1.807) is 0 Å². The molecule has 3 N–H and O–H groups in total. The lowest BCUT2D eigenvalue weighted by Gasteiger charge is -2.27. The normalized spacial score (nSPS) is 14.3. The predicted octanol–water partition coefficient (Wildman–Crippen LogP) is 3.39. The van der Waals surface area contributed by atoms with Crippen LogP contribution >= 0.6 is 0 Å². The van der Waals surface area contributed by atoms with E-state index in [0.717, 1.165) is 22.3 Å². The van der Waals surface area contributed by atoms with E-state index in [1.165, 1.54) is 0 Å². The first-order valence-electron chi connectivity index (χ1n) is 10.9. The second-order valence-corrected chi connectivity index (χ2v) is 8.71. The van der Waals surface area contributed by atoms with Gasteiger partial charge in [-0.25, -0.2) is 4.79 Å². The van der Waals surface area contributed by atoms with Crippen LogP contribution in [0.4, 0.5) is 4.79 Å². The van der Waals surface area contributed by atoms with Gasteiger partial charge in [0.2, 0.25) is 12.3 Å². The fraction of sp³-hybridized carbons (Fsp3) is 0.400. The van der Waals surface area contributed by atoms with Gasteiger partial charge in [0, 0.05) is 5.92 Å². The molecule has 7 nitrogen and oxygen atoms in total. The molecule has 1 aliphatic carbocycles. The molecule has 0 fully saturated rings. The molecule has 3 rings (SSSR count).